The Bertz CT molecular complexity index is 1460. The average Bonchev–Trinajstić information content (AvgIpc) is 3.77. The zero-order valence-electron chi connectivity index (χ0n) is 29.6. The Morgan fingerprint density at radius 3 is 2.52 bits per heavy atom. The molecule has 274 valence electrons. The predicted octanol–water partition coefficient (Wildman–Crippen LogP) is 4.22. The van der Waals surface area contributed by atoms with Gasteiger partial charge in [0.1, 0.15) is 12.6 Å². The maximum Gasteiger partial charge on any atom is 0.241 e. The molecule has 3 amide bonds. The van der Waals surface area contributed by atoms with Crippen LogP contribution in [0.15, 0.2) is 52.8 Å². The second-order valence-corrected chi connectivity index (χ2v) is 15.0. The Balaban J connectivity index is 1.52. The molecule has 4 rings (SSSR count). The van der Waals surface area contributed by atoms with Crippen molar-refractivity contribution in [2.45, 2.75) is 103 Å². The first kappa shape index (κ1) is 39.0. The SMILES string of the molecule is CC(C)C[C@H](O)[C@H](O)[C@H](CC1CCCCC1)NC(=O)[C@@H](CC(=O)N(CC(=O)N(C)CCc1ccccn1)Cc1ccoc1)Cc1csc(N)n1. The number of rotatable bonds is 19. The number of carbonyl (C=O) groups excluding carboxylic acids is 3. The van der Waals surface area contributed by atoms with Crippen LogP contribution in [-0.4, -0.2) is 86.1 Å². The smallest absolute Gasteiger partial charge is 0.241 e. The summed E-state index contributed by atoms with van der Waals surface area (Å²) in [6.07, 6.45) is 9.40. The van der Waals surface area contributed by atoms with Gasteiger partial charge in [-0.2, -0.15) is 0 Å². The molecule has 0 spiro atoms. The van der Waals surface area contributed by atoms with Gasteiger partial charge in [-0.1, -0.05) is 52.0 Å². The van der Waals surface area contributed by atoms with Crippen molar-refractivity contribution in [2.75, 3.05) is 25.9 Å². The number of hydrogen-bond acceptors (Lipinski definition) is 10. The van der Waals surface area contributed by atoms with E-state index in [9.17, 15) is 24.6 Å². The molecule has 3 heterocycles. The van der Waals surface area contributed by atoms with Gasteiger partial charge in [0, 0.05) is 62.2 Å². The van der Waals surface area contributed by atoms with Gasteiger partial charge in [0.25, 0.3) is 0 Å². The van der Waals surface area contributed by atoms with E-state index in [0.29, 0.717) is 48.1 Å². The molecular weight excluding hydrogens is 657 g/mol. The van der Waals surface area contributed by atoms with Gasteiger partial charge >= 0.3 is 0 Å². The maximum absolute atomic E-state index is 14.2. The highest BCUT2D eigenvalue weighted by Crippen LogP contribution is 2.29. The third kappa shape index (κ3) is 12.5. The number of nitrogen functional groups attached to an aromatic ring is 1. The number of likely N-dealkylation sites (N-methyl/N-ethyl adjacent to an activating group) is 1. The van der Waals surface area contributed by atoms with Gasteiger partial charge in [0.2, 0.25) is 17.7 Å². The quantitative estimate of drug-likeness (QED) is 0.142. The Hall–Kier alpha value is -3.81. The summed E-state index contributed by atoms with van der Waals surface area (Å²) in [5.74, 6) is -1.44. The number of aliphatic hydroxyl groups is 2. The molecule has 1 aliphatic rings. The summed E-state index contributed by atoms with van der Waals surface area (Å²) in [4.78, 5) is 53.4. The first-order chi connectivity index (χ1) is 24.0. The second kappa shape index (κ2) is 19.5. The van der Waals surface area contributed by atoms with E-state index in [4.69, 9.17) is 10.2 Å². The zero-order chi connectivity index (χ0) is 36.0. The van der Waals surface area contributed by atoms with E-state index in [1.807, 2.05) is 32.0 Å². The standard InChI is InChI=1S/C37H54N6O6S/c1-25(2)17-32(44)35(47)31(18-26-9-5-4-6-10-26)41-36(48)28(19-30-24-50-37(38)40-30)20-33(45)43(21-27-13-16-49-23-27)22-34(46)42(3)15-12-29-11-7-8-14-39-29/h7-8,11,13-14,16,23-26,28,31-32,35,44,47H,4-6,9-10,12,15,17-22H2,1-3H3,(H2,38,40)(H,41,48)/t28-,31+,32+,35-/m1/s1. The van der Waals surface area contributed by atoms with Crippen molar-refractivity contribution in [1.29, 1.82) is 0 Å². The van der Waals surface area contributed by atoms with Gasteiger partial charge < -0.3 is 35.5 Å². The summed E-state index contributed by atoms with van der Waals surface area (Å²) >= 11 is 1.25. The average molecular weight is 711 g/mol. The van der Waals surface area contributed by atoms with Crippen LogP contribution in [-0.2, 0) is 33.8 Å². The number of carbonyl (C=O) groups is 3. The number of nitrogens with one attached hydrogen (secondary N) is 1. The molecule has 0 radical (unpaired) electrons. The van der Waals surface area contributed by atoms with E-state index in [2.05, 4.69) is 15.3 Å². The highest BCUT2D eigenvalue weighted by molar-refractivity contribution is 7.13. The summed E-state index contributed by atoms with van der Waals surface area (Å²) in [6, 6.07) is 6.68. The van der Waals surface area contributed by atoms with Gasteiger partial charge in [-0.15, -0.1) is 11.3 Å². The van der Waals surface area contributed by atoms with Crippen LogP contribution >= 0.6 is 11.3 Å². The van der Waals surface area contributed by atoms with Crippen molar-refractivity contribution < 1.29 is 29.0 Å². The second-order valence-electron chi connectivity index (χ2n) is 14.1. The topological polar surface area (TPSA) is 175 Å². The van der Waals surface area contributed by atoms with Crippen LogP contribution in [0, 0.1) is 17.8 Å². The molecule has 5 N–H and O–H groups in total. The molecule has 3 aromatic heterocycles. The number of nitrogens with two attached hydrogens (primary N) is 1. The number of anilines is 1. The molecule has 1 saturated carbocycles. The number of pyridine rings is 1. The van der Waals surface area contributed by atoms with Crippen LogP contribution in [0.5, 0.6) is 0 Å². The molecule has 0 bridgehead atoms. The van der Waals surface area contributed by atoms with E-state index in [-0.39, 0.29) is 43.7 Å². The van der Waals surface area contributed by atoms with Crippen molar-refractivity contribution in [2.24, 2.45) is 17.8 Å². The summed E-state index contributed by atoms with van der Waals surface area (Å²) in [5, 5.41) is 27.4. The molecule has 0 aliphatic heterocycles. The van der Waals surface area contributed by atoms with E-state index < -0.39 is 30.1 Å². The molecule has 50 heavy (non-hydrogen) atoms. The molecule has 1 fully saturated rings. The highest BCUT2D eigenvalue weighted by Gasteiger charge is 2.34. The Morgan fingerprint density at radius 2 is 1.88 bits per heavy atom. The Labute approximate surface area is 299 Å². The fourth-order valence-electron chi connectivity index (χ4n) is 6.60. The third-order valence-electron chi connectivity index (χ3n) is 9.46. The molecule has 1 aliphatic carbocycles. The number of furan rings is 1. The van der Waals surface area contributed by atoms with Gasteiger partial charge in [0.05, 0.1) is 36.3 Å². The van der Waals surface area contributed by atoms with Gasteiger partial charge in [0.15, 0.2) is 5.13 Å². The van der Waals surface area contributed by atoms with E-state index in [1.165, 1.54) is 35.2 Å². The number of amides is 3. The van der Waals surface area contributed by atoms with Crippen molar-refractivity contribution >= 4 is 34.2 Å². The number of aliphatic hydroxyl groups excluding tert-OH is 2. The fourth-order valence-corrected chi connectivity index (χ4v) is 7.17. The van der Waals surface area contributed by atoms with E-state index >= 15 is 0 Å². The molecule has 4 atom stereocenters. The van der Waals surface area contributed by atoms with E-state index in [1.54, 1.807) is 29.6 Å². The van der Waals surface area contributed by atoms with Crippen molar-refractivity contribution in [3.05, 3.63) is 65.3 Å². The molecular formula is C37H54N6O6S. The molecule has 3 aromatic rings. The van der Waals surface area contributed by atoms with Crippen LogP contribution in [0.25, 0.3) is 0 Å². The zero-order valence-corrected chi connectivity index (χ0v) is 30.4. The third-order valence-corrected chi connectivity index (χ3v) is 10.2. The fraction of sp³-hybridized carbons (Fsp3) is 0.595. The summed E-state index contributed by atoms with van der Waals surface area (Å²) < 4.78 is 5.24. The van der Waals surface area contributed by atoms with Crippen LogP contribution in [0.1, 0.15) is 82.2 Å². The normalized spacial score (nSPS) is 16.0. The lowest BCUT2D eigenvalue weighted by molar-refractivity contribution is -0.142. The predicted molar refractivity (Wildman–Crippen MR) is 193 cm³/mol. The molecule has 0 saturated heterocycles. The maximum atomic E-state index is 14.2. The Morgan fingerprint density at radius 1 is 1.10 bits per heavy atom. The van der Waals surface area contributed by atoms with Crippen molar-refractivity contribution in [1.82, 2.24) is 25.1 Å². The Kier molecular flexibility index (Phi) is 15.2. The van der Waals surface area contributed by atoms with Gasteiger partial charge in [-0.3, -0.25) is 19.4 Å². The molecule has 0 unspecified atom stereocenters. The molecule has 13 heteroatoms. The lowest BCUT2D eigenvalue weighted by Gasteiger charge is -2.33. The minimum atomic E-state index is -1.16. The molecule has 12 nitrogen and oxygen atoms in total. The summed E-state index contributed by atoms with van der Waals surface area (Å²) in [7, 11) is 1.69. The molecule has 0 aromatic carbocycles. The number of thiazole rings is 1. The first-order valence-electron chi connectivity index (χ1n) is 17.8. The number of aromatic nitrogens is 2. The first-order valence-corrected chi connectivity index (χ1v) is 18.7. The van der Waals surface area contributed by atoms with Crippen LogP contribution < -0.4 is 11.1 Å². The van der Waals surface area contributed by atoms with Crippen LogP contribution in [0.4, 0.5) is 5.13 Å². The minimum absolute atomic E-state index is 0.123. The summed E-state index contributed by atoms with van der Waals surface area (Å²) in [6.45, 7) is 4.31. The summed E-state index contributed by atoms with van der Waals surface area (Å²) in [5.41, 5.74) is 8.07. The largest absolute Gasteiger partial charge is 0.472 e. The lowest BCUT2D eigenvalue weighted by Crippen LogP contribution is -2.52. The van der Waals surface area contributed by atoms with Gasteiger partial charge in [-0.25, -0.2) is 4.98 Å². The van der Waals surface area contributed by atoms with Crippen molar-refractivity contribution in [3.63, 3.8) is 0 Å². The lowest BCUT2D eigenvalue weighted by atomic mass is 9.82. The monoisotopic (exact) mass is 710 g/mol. The van der Waals surface area contributed by atoms with Gasteiger partial charge in [-0.05, 0) is 42.9 Å². The highest BCUT2D eigenvalue weighted by atomic mass is 32.1. The van der Waals surface area contributed by atoms with Crippen molar-refractivity contribution in [3.8, 4) is 0 Å². The number of hydrogen-bond donors (Lipinski definition) is 4. The minimum Gasteiger partial charge on any atom is -0.472 e. The van der Waals surface area contributed by atoms with Crippen LogP contribution in [0.3, 0.4) is 0 Å². The number of nitrogens with zero attached hydrogens (tertiary/aromatic N) is 4. The van der Waals surface area contributed by atoms with Crippen LogP contribution in [0.2, 0.25) is 0 Å². The van der Waals surface area contributed by atoms with E-state index in [0.717, 1.165) is 31.4 Å².